The quantitative estimate of drug-likeness (QED) is 0.860. The minimum Gasteiger partial charge on any atom is -0.447 e. The lowest BCUT2D eigenvalue weighted by Crippen LogP contribution is -2.25. The van der Waals surface area contributed by atoms with E-state index in [1.807, 2.05) is 0 Å². The van der Waals surface area contributed by atoms with E-state index in [1.165, 1.54) is 24.3 Å². The van der Waals surface area contributed by atoms with Crippen LogP contribution in [-0.2, 0) is 14.3 Å². The first kappa shape index (κ1) is 15.7. The van der Waals surface area contributed by atoms with Crippen molar-refractivity contribution in [2.24, 2.45) is 0 Å². The number of hydrogen-bond acceptors (Lipinski definition) is 3. The van der Waals surface area contributed by atoms with Gasteiger partial charge in [-0.05, 0) is 24.3 Å². The fourth-order valence-corrected chi connectivity index (χ4v) is 1.86. The van der Waals surface area contributed by atoms with Gasteiger partial charge >= 0.3 is 5.97 Å². The van der Waals surface area contributed by atoms with Crippen LogP contribution in [0.25, 0.3) is 0 Å². The Bertz CT molecular complexity index is 641. The van der Waals surface area contributed by atoms with Crippen LogP contribution in [0.3, 0.4) is 0 Å². The molecular formula is C17H16FNO3. The van der Waals surface area contributed by atoms with E-state index in [2.05, 4.69) is 5.32 Å². The lowest BCUT2D eigenvalue weighted by molar-refractivity contribution is -0.154. The Morgan fingerprint density at radius 3 is 2.32 bits per heavy atom. The molecule has 0 bridgehead atoms. The first-order chi connectivity index (χ1) is 10.6. The van der Waals surface area contributed by atoms with E-state index < -0.39 is 23.8 Å². The number of carbonyl (C=O) groups is 2. The molecule has 0 saturated heterocycles. The smallest absolute Gasteiger partial charge is 0.306 e. The topological polar surface area (TPSA) is 55.4 Å². The first-order valence-electron chi connectivity index (χ1n) is 6.91. The van der Waals surface area contributed by atoms with Crippen LogP contribution in [-0.4, -0.2) is 11.9 Å². The number of rotatable bonds is 5. The summed E-state index contributed by atoms with van der Waals surface area (Å²) in [6.45, 7) is 1.66. The van der Waals surface area contributed by atoms with Gasteiger partial charge in [-0.2, -0.15) is 0 Å². The van der Waals surface area contributed by atoms with Crippen molar-refractivity contribution in [1.29, 1.82) is 0 Å². The molecule has 114 valence electrons. The molecule has 2 rings (SSSR count). The molecule has 0 spiro atoms. The lowest BCUT2D eigenvalue weighted by Gasteiger charge is -2.17. The molecule has 1 amide bonds. The molecule has 22 heavy (non-hydrogen) atoms. The van der Waals surface area contributed by atoms with Crippen LogP contribution in [0.2, 0.25) is 0 Å². The molecule has 0 fully saturated rings. The summed E-state index contributed by atoms with van der Waals surface area (Å²) in [6.07, 6.45) is -0.869. The summed E-state index contributed by atoms with van der Waals surface area (Å²) in [7, 11) is 0. The van der Waals surface area contributed by atoms with Gasteiger partial charge in [-0.25, -0.2) is 4.39 Å². The second-order valence-electron chi connectivity index (χ2n) is 4.63. The first-order valence-corrected chi connectivity index (χ1v) is 6.91. The van der Waals surface area contributed by atoms with Crippen molar-refractivity contribution in [3.8, 4) is 0 Å². The van der Waals surface area contributed by atoms with Crippen molar-refractivity contribution in [3.63, 3.8) is 0 Å². The molecule has 0 saturated carbocycles. The van der Waals surface area contributed by atoms with E-state index in [-0.39, 0.29) is 6.42 Å². The standard InChI is InChI=1S/C17H16FNO3/c1-2-15(20)22-16(12-6-4-3-5-7-12)17(21)19-14-10-8-13(18)9-11-14/h3-11,16H,2H2,1H3,(H,19,21)/t16-/m1/s1. The normalized spacial score (nSPS) is 11.5. The Kier molecular flexibility index (Phi) is 5.25. The Hall–Kier alpha value is -2.69. The van der Waals surface area contributed by atoms with Gasteiger partial charge in [0.25, 0.3) is 5.91 Å². The second kappa shape index (κ2) is 7.36. The van der Waals surface area contributed by atoms with E-state index in [4.69, 9.17) is 4.74 Å². The molecule has 0 aliphatic carbocycles. The highest BCUT2D eigenvalue weighted by Crippen LogP contribution is 2.20. The van der Waals surface area contributed by atoms with Crippen molar-refractivity contribution in [2.45, 2.75) is 19.4 Å². The van der Waals surface area contributed by atoms with Crippen molar-refractivity contribution in [3.05, 3.63) is 66.0 Å². The largest absolute Gasteiger partial charge is 0.447 e. The van der Waals surface area contributed by atoms with Gasteiger partial charge in [-0.3, -0.25) is 9.59 Å². The molecule has 0 radical (unpaired) electrons. The zero-order chi connectivity index (χ0) is 15.9. The zero-order valence-corrected chi connectivity index (χ0v) is 12.1. The van der Waals surface area contributed by atoms with Crippen LogP contribution >= 0.6 is 0 Å². The lowest BCUT2D eigenvalue weighted by atomic mass is 10.1. The highest BCUT2D eigenvalue weighted by Gasteiger charge is 2.24. The van der Waals surface area contributed by atoms with Crippen LogP contribution in [0, 0.1) is 5.82 Å². The predicted molar refractivity (Wildman–Crippen MR) is 80.6 cm³/mol. The monoisotopic (exact) mass is 301 g/mol. The number of carbonyl (C=O) groups excluding carboxylic acids is 2. The Morgan fingerprint density at radius 1 is 1.09 bits per heavy atom. The van der Waals surface area contributed by atoms with Gasteiger partial charge in [-0.15, -0.1) is 0 Å². The number of ether oxygens (including phenoxy) is 1. The molecule has 2 aromatic carbocycles. The molecule has 1 atom stereocenters. The van der Waals surface area contributed by atoms with Crippen LogP contribution < -0.4 is 5.32 Å². The predicted octanol–water partition coefficient (Wildman–Crippen LogP) is 3.46. The number of nitrogens with one attached hydrogen (secondary N) is 1. The van der Waals surface area contributed by atoms with Gasteiger partial charge in [-0.1, -0.05) is 37.3 Å². The average Bonchev–Trinajstić information content (AvgIpc) is 2.55. The highest BCUT2D eigenvalue weighted by molar-refractivity contribution is 5.96. The summed E-state index contributed by atoms with van der Waals surface area (Å²) in [5, 5.41) is 2.61. The highest BCUT2D eigenvalue weighted by atomic mass is 19.1. The molecule has 0 aliphatic rings. The van der Waals surface area contributed by atoms with Gasteiger partial charge in [0.05, 0.1) is 0 Å². The maximum absolute atomic E-state index is 12.9. The molecule has 0 heterocycles. The van der Waals surface area contributed by atoms with Crippen molar-refractivity contribution in [1.82, 2.24) is 0 Å². The van der Waals surface area contributed by atoms with Crippen molar-refractivity contribution < 1.29 is 18.7 Å². The summed E-state index contributed by atoms with van der Waals surface area (Å²) in [5.74, 6) is -1.35. The number of benzene rings is 2. The van der Waals surface area contributed by atoms with Crippen LogP contribution in [0.15, 0.2) is 54.6 Å². The van der Waals surface area contributed by atoms with Crippen LogP contribution in [0.4, 0.5) is 10.1 Å². The summed E-state index contributed by atoms with van der Waals surface area (Å²) in [5.41, 5.74) is 1.00. The van der Waals surface area contributed by atoms with E-state index in [0.717, 1.165) is 0 Å². The molecule has 0 aromatic heterocycles. The maximum Gasteiger partial charge on any atom is 0.306 e. The van der Waals surface area contributed by atoms with Gasteiger partial charge in [0.15, 0.2) is 0 Å². The fraction of sp³-hybridized carbons (Fsp3) is 0.176. The van der Waals surface area contributed by atoms with Crippen molar-refractivity contribution in [2.75, 3.05) is 5.32 Å². The number of hydrogen-bond donors (Lipinski definition) is 1. The summed E-state index contributed by atoms with van der Waals surface area (Å²) in [6, 6.07) is 14.1. The molecule has 4 nitrogen and oxygen atoms in total. The minimum atomic E-state index is -1.04. The number of anilines is 1. The van der Waals surface area contributed by atoms with E-state index in [0.29, 0.717) is 11.3 Å². The number of esters is 1. The molecule has 1 N–H and O–H groups in total. The summed E-state index contributed by atoms with van der Waals surface area (Å²) in [4.78, 5) is 23.9. The third-order valence-electron chi connectivity index (χ3n) is 2.99. The van der Waals surface area contributed by atoms with E-state index >= 15 is 0 Å². The van der Waals surface area contributed by atoms with Gasteiger partial charge in [0.1, 0.15) is 5.82 Å². The van der Waals surface area contributed by atoms with Crippen molar-refractivity contribution >= 4 is 17.6 Å². The average molecular weight is 301 g/mol. The summed E-state index contributed by atoms with van der Waals surface area (Å²) >= 11 is 0. The summed E-state index contributed by atoms with van der Waals surface area (Å²) < 4.78 is 18.1. The van der Waals surface area contributed by atoms with Gasteiger partial charge < -0.3 is 10.1 Å². The van der Waals surface area contributed by atoms with Gasteiger partial charge in [0.2, 0.25) is 6.10 Å². The molecule has 5 heteroatoms. The minimum absolute atomic E-state index is 0.174. The third kappa shape index (κ3) is 4.15. The Labute approximate surface area is 127 Å². The van der Waals surface area contributed by atoms with E-state index in [1.54, 1.807) is 37.3 Å². The van der Waals surface area contributed by atoms with E-state index in [9.17, 15) is 14.0 Å². The van der Waals surface area contributed by atoms with Crippen LogP contribution in [0.1, 0.15) is 25.0 Å². The SMILES string of the molecule is CCC(=O)O[C@@H](C(=O)Nc1ccc(F)cc1)c1ccccc1. The molecule has 0 unspecified atom stereocenters. The second-order valence-corrected chi connectivity index (χ2v) is 4.63. The zero-order valence-electron chi connectivity index (χ0n) is 12.1. The van der Waals surface area contributed by atoms with Crippen LogP contribution in [0.5, 0.6) is 0 Å². The number of halogens is 1. The third-order valence-corrected chi connectivity index (χ3v) is 2.99. The Balaban J connectivity index is 2.18. The Morgan fingerprint density at radius 2 is 1.73 bits per heavy atom. The number of amides is 1. The van der Waals surface area contributed by atoms with Gasteiger partial charge in [0, 0.05) is 17.7 Å². The molecule has 0 aliphatic heterocycles. The molecule has 2 aromatic rings. The maximum atomic E-state index is 12.9. The molecular weight excluding hydrogens is 285 g/mol. The fourth-order valence-electron chi connectivity index (χ4n) is 1.86.